The van der Waals surface area contributed by atoms with Crippen molar-refractivity contribution in [3.63, 3.8) is 0 Å². The van der Waals surface area contributed by atoms with Crippen LogP contribution in [0.15, 0.2) is 0 Å². The maximum absolute atomic E-state index is 5.50. The minimum absolute atomic E-state index is 0.0857. The Kier molecular flexibility index (Phi) is 8.59. The number of hydrogen-bond donors (Lipinski definition) is 1. The molecule has 1 saturated heterocycles. The molecule has 1 rings (SSSR count). The van der Waals surface area contributed by atoms with E-state index in [0.717, 1.165) is 19.0 Å². The van der Waals surface area contributed by atoms with Gasteiger partial charge in [-0.15, -0.1) is 0 Å². The van der Waals surface area contributed by atoms with E-state index in [1.54, 1.807) is 0 Å². The highest BCUT2D eigenvalue weighted by molar-refractivity contribution is 4.70. The summed E-state index contributed by atoms with van der Waals surface area (Å²) in [7, 11) is 2.21. The lowest BCUT2D eigenvalue weighted by atomic mass is 9.94. The van der Waals surface area contributed by atoms with Gasteiger partial charge >= 0.3 is 0 Å². The molecule has 1 heterocycles. The van der Waals surface area contributed by atoms with Crippen LogP contribution in [0.25, 0.3) is 0 Å². The monoisotopic (exact) mass is 258 g/mol. The quantitative estimate of drug-likeness (QED) is 0.504. The predicted molar refractivity (Wildman–Crippen MR) is 74.7 cm³/mol. The van der Waals surface area contributed by atoms with Gasteiger partial charge in [0.15, 0.2) is 6.29 Å². The number of likely N-dealkylation sites (tertiary alicyclic amines) is 1. The largest absolute Gasteiger partial charge is 0.352 e. The molecule has 0 unspecified atom stereocenters. The van der Waals surface area contributed by atoms with Crippen LogP contribution in [-0.4, -0.2) is 57.6 Å². The highest BCUT2D eigenvalue weighted by Crippen LogP contribution is 2.18. The zero-order valence-corrected chi connectivity index (χ0v) is 12.3. The lowest BCUT2D eigenvalue weighted by Gasteiger charge is -2.29. The minimum Gasteiger partial charge on any atom is -0.352 e. The maximum atomic E-state index is 5.50. The zero-order valence-electron chi connectivity index (χ0n) is 12.3. The Hall–Kier alpha value is -0.160. The Morgan fingerprint density at radius 3 is 2.33 bits per heavy atom. The van der Waals surface area contributed by atoms with Crippen LogP contribution in [0.2, 0.25) is 0 Å². The van der Waals surface area contributed by atoms with Gasteiger partial charge in [-0.05, 0) is 65.7 Å². The molecule has 0 bridgehead atoms. The van der Waals surface area contributed by atoms with Crippen molar-refractivity contribution in [2.45, 2.75) is 39.4 Å². The fraction of sp³-hybridized carbons (Fsp3) is 1.00. The molecule has 0 aliphatic carbocycles. The van der Waals surface area contributed by atoms with Gasteiger partial charge in [-0.2, -0.15) is 0 Å². The molecule has 0 aromatic heterocycles. The van der Waals surface area contributed by atoms with Crippen molar-refractivity contribution in [1.29, 1.82) is 0 Å². The van der Waals surface area contributed by atoms with Gasteiger partial charge in [0.05, 0.1) is 0 Å². The Labute approximate surface area is 112 Å². The molecule has 0 spiro atoms. The van der Waals surface area contributed by atoms with E-state index in [1.165, 1.54) is 32.4 Å². The molecular weight excluding hydrogens is 228 g/mol. The molecule has 0 aromatic carbocycles. The second-order valence-corrected chi connectivity index (χ2v) is 5.08. The summed E-state index contributed by atoms with van der Waals surface area (Å²) >= 11 is 0. The fourth-order valence-corrected chi connectivity index (χ4v) is 2.41. The first-order chi connectivity index (χ1) is 8.76. The van der Waals surface area contributed by atoms with Crippen LogP contribution in [0.3, 0.4) is 0 Å². The smallest absolute Gasteiger partial charge is 0.169 e. The fourth-order valence-electron chi connectivity index (χ4n) is 2.41. The van der Waals surface area contributed by atoms with E-state index in [0.29, 0.717) is 13.2 Å². The van der Waals surface area contributed by atoms with Gasteiger partial charge < -0.3 is 19.7 Å². The molecule has 0 saturated carbocycles. The lowest BCUT2D eigenvalue weighted by Crippen LogP contribution is -2.34. The highest BCUT2D eigenvalue weighted by Gasteiger charge is 2.16. The Bertz CT molecular complexity index is 188. The molecule has 1 N–H and O–H groups in total. The van der Waals surface area contributed by atoms with Gasteiger partial charge in [0.25, 0.3) is 0 Å². The number of rotatable bonds is 9. The number of hydrogen-bond acceptors (Lipinski definition) is 4. The van der Waals surface area contributed by atoms with E-state index in [1.807, 2.05) is 13.8 Å². The third-order valence-electron chi connectivity index (χ3n) is 3.58. The standard InChI is InChI=1S/C14H30N2O2/c1-4-17-14(18-5-2)12-15-9-6-13-7-10-16(3)11-8-13/h13-15H,4-12H2,1-3H3. The van der Waals surface area contributed by atoms with Crippen molar-refractivity contribution in [2.75, 3.05) is 46.4 Å². The predicted octanol–water partition coefficient (Wildman–Crippen LogP) is 1.71. The summed E-state index contributed by atoms with van der Waals surface area (Å²) in [5, 5.41) is 3.45. The van der Waals surface area contributed by atoms with Crippen LogP contribution in [0, 0.1) is 5.92 Å². The van der Waals surface area contributed by atoms with Crippen molar-refractivity contribution < 1.29 is 9.47 Å². The van der Waals surface area contributed by atoms with Crippen molar-refractivity contribution in [2.24, 2.45) is 5.92 Å². The molecule has 0 atom stereocenters. The number of piperidine rings is 1. The number of ether oxygens (including phenoxy) is 2. The van der Waals surface area contributed by atoms with Gasteiger partial charge in [0, 0.05) is 19.8 Å². The molecule has 0 amide bonds. The average Bonchev–Trinajstić information content (AvgIpc) is 2.37. The van der Waals surface area contributed by atoms with E-state index in [-0.39, 0.29) is 6.29 Å². The third kappa shape index (κ3) is 6.69. The summed E-state index contributed by atoms with van der Waals surface area (Å²) in [5.41, 5.74) is 0. The van der Waals surface area contributed by atoms with Gasteiger partial charge in [-0.1, -0.05) is 0 Å². The summed E-state index contributed by atoms with van der Waals surface area (Å²) in [6.07, 6.45) is 3.88. The van der Waals surface area contributed by atoms with Crippen LogP contribution in [0.1, 0.15) is 33.1 Å². The number of nitrogens with one attached hydrogen (secondary N) is 1. The molecule has 18 heavy (non-hydrogen) atoms. The first kappa shape index (κ1) is 15.9. The Balaban J connectivity index is 2.02. The Morgan fingerprint density at radius 1 is 1.17 bits per heavy atom. The third-order valence-corrected chi connectivity index (χ3v) is 3.58. The van der Waals surface area contributed by atoms with Gasteiger partial charge in [-0.3, -0.25) is 0 Å². The number of nitrogens with zero attached hydrogens (tertiary/aromatic N) is 1. The van der Waals surface area contributed by atoms with Crippen molar-refractivity contribution >= 4 is 0 Å². The average molecular weight is 258 g/mol. The van der Waals surface area contributed by atoms with Crippen molar-refractivity contribution in [3.8, 4) is 0 Å². The van der Waals surface area contributed by atoms with Gasteiger partial charge in [0.1, 0.15) is 0 Å². The van der Waals surface area contributed by atoms with E-state index < -0.39 is 0 Å². The van der Waals surface area contributed by atoms with Crippen LogP contribution in [0.5, 0.6) is 0 Å². The molecular formula is C14H30N2O2. The van der Waals surface area contributed by atoms with Crippen LogP contribution in [-0.2, 0) is 9.47 Å². The normalized spacial score (nSPS) is 18.7. The summed E-state index contributed by atoms with van der Waals surface area (Å²) in [5.74, 6) is 0.895. The molecule has 1 aliphatic rings. The minimum atomic E-state index is -0.0857. The molecule has 1 fully saturated rings. The summed E-state index contributed by atoms with van der Waals surface area (Å²) in [6.45, 7) is 9.81. The van der Waals surface area contributed by atoms with Crippen molar-refractivity contribution in [3.05, 3.63) is 0 Å². The molecule has 1 aliphatic heterocycles. The summed E-state index contributed by atoms with van der Waals surface area (Å²) < 4.78 is 11.0. The second-order valence-electron chi connectivity index (χ2n) is 5.08. The Morgan fingerprint density at radius 2 is 1.78 bits per heavy atom. The topological polar surface area (TPSA) is 33.7 Å². The molecule has 108 valence electrons. The van der Waals surface area contributed by atoms with Crippen LogP contribution in [0.4, 0.5) is 0 Å². The van der Waals surface area contributed by atoms with Crippen molar-refractivity contribution in [1.82, 2.24) is 10.2 Å². The van der Waals surface area contributed by atoms with E-state index in [9.17, 15) is 0 Å². The molecule has 0 aromatic rings. The van der Waals surface area contributed by atoms with E-state index >= 15 is 0 Å². The molecule has 4 heteroatoms. The SMILES string of the molecule is CCOC(CNCCC1CCN(C)CC1)OCC. The molecule has 4 nitrogen and oxygen atoms in total. The van der Waals surface area contributed by atoms with Crippen LogP contribution >= 0.6 is 0 Å². The molecule has 0 radical (unpaired) electrons. The van der Waals surface area contributed by atoms with Gasteiger partial charge in [0.2, 0.25) is 0 Å². The zero-order chi connectivity index (χ0) is 13.2. The first-order valence-electron chi connectivity index (χ1n) is 7.38. The summed E-state index contributed by atoms with van der Waals surface area (Å²) in [4.78, 5) is 2.42. The van der Waals surface area contributed by atoms with Crippen LogP contribution < -0.4 is 5.32 Å². The first-order valence-corrected chi connectivity index (χ1v) is 7.38. The maximum Gasteiger partial charge on any atom is 0.169 e. The lowest BCUT2D eigenvalue weighted by molar-refractivity contribution is -0.132. The second kappa shape index (κ2) is 9.73. The van der Waals surface area contributed by atoms with Gasteiger partial charge in [-0.25, -0.2) is 0 Å². The van der Waals surface area contributed by atoms with E-state index in [2.05, 4.69) is 17.3 Å². The highest BCUT2D eigenvalue weighted by atomic mass is 16.7. The summed E-state index contributed by atoms with van der Waals surface area (Å²) in [6, 6.07) is 0. The van der Waals surface area contributed by atoms with E-state index in [4.69, 9.17) is 9.47 Å².